The average molecular weight is 327 g/mol. The predicted octanol–water partition coefficient (Wildman–Crippen LogP) is 3.21. The van der Waals surface area contributed by atoms with Crippen molar-refractivity contribution >= 4 is 35.0 Å². The zero-order chi connectivity index (χ0) is 14.8. The lowest BCUT2D eigenvalue weighted by atomic mass is 10.1. The van der Waals surface area contributed by atoms with Gasteiger partial charge >= 0.3 is 0 Å². The first kappa shape index (κ1) is 15.2. The van der Waals surface area contributed by atoms with Gasteiger partial charge in [-0.2, -0.15) is 0 Å². The van der Waals surface area contributed by atoms with E-state index in [4.69, 9.17) is 16.3 Å². The first-order chi connectivity index (χ1) is 10.2. The maximum atomic E-state index is 12.0. The number of hydrogen-bond acceptors (Lipinski definition) is 4. The van der Waals surface area contributed by atoms with Crippen LogP contribution in [0.25, 0.3) is 0 Å². The van der Waals surface area contributed by atoms with Crippen LogP contribution < -0.4 is 10.6 Å². The van der Waals surface area contributed by atoms with E-state index in [1.807, 2.05) is 19.1 Å². The smallest absolute Gasteiger partial charge is 0.246 e. The second kappa shape index (κ2) is 6.57. The van der Waals surface area contributed by atoms with Crippen molar-refractivity contribution in [3.8, 4) is 0 Å². The Morgan fingerprint density at radius 2 is 2.19 bits per heavy atom. The molecule has 1 aromatic rings. The number of amides is 1. The molecule has 21 heavy (non-hydrogen) atoms. The second-order valence-electron chi connectivity index (χ2n) is 5.28. The number of hydrogen-bond donors (Lipinski definition) is 2. The van der Waals surface area contributed by atoms with Crippen molar-refractivity contribution < 1.29 is 9.53 Å². The molecule has 0 bridgehead atoms. The molecule has 4 nitrogen and oxygen atoms in total. The summed E-state index contributed by atoms with van der Waals surface area (Å²) in [5.41, 5.74) is 1.83. The molecular weight excluding hydrogens is 308 g/mol. The zero-order valence-electron chi connectivity index (χ0n) is 11.9. The molecule has 0 radical (unpaired) electrons. The van der Waals surface area contributed by atoms with Crippen LogP contribution in [0, 0.1) is 0 Å². The molecule has 0 spiro atoms. The van der Waals surface area contributed by atoms with Gasteiger partial charge < -0.3 is 15.4 Å². The van der Waals surface area contributed by atoms with Crippen LogP contribution in [-0.2, 0) is 9.53 Å². The third-order valence-corrected chi connectivity index (χ3v) is 5.63. The molecular formula is C15H19ClN2O2S. The molecule has 1 amide bonds. The Morgan fingerprint density at radius 3 is 2.90 bits per heavy atom. The molecule has 2 heterocycles. The fourth-order valence-corrected chi connectivity index (χ4v) is 4.18. The van der Waals surface area contributed by atoms with E-state index in [9.17, 15) is 4.79 Å². The topological polar surface area (TPSA) is 50.4 Å². The summed E-state index contributed by atoms with van der Waals surface area (Å²) in [6.45, 7) is 4.37. The minimum Gasteiger partial charge on any atom is -0.381 e. The summed E-state index contributed by atoms with van der Waals surface area (Å²) in [4.78, 5) is 13.0. The fourth-order valence-electron chi connectivity index (χ4n) is 2.73. The van der Waals surface area contributed by atoms with Crippen LogP contribution in [-0.4, -0.2) is 30.9 Å². The van der Waals surface area contributed by atoms with Crippen molar-refractivity contribution in [3.63, 3.8) is 0 Å². The minimum atomic E-state index is -0.287. The second-order valence-corrected chi connectivity index (χ2v) is 7.03. The van der Waals surface area contributed by atoms with Gasteiger partial charge in [0.15, 0.2) is 0 Å². The molecule has 1 aromatic carbocycles. The Labute approximate surface area is 134 Å². The number of anilines is 1. The molecule has 2 aliphatic heterocycles. The van der Waals surface area contributed by atoms with E-state index in [1.165, 1.54) is 0 Å². The van der Waals surface area contributed by atoms with E-state index in [-0.39, 0.29) is 11.9 Å². The van der Waals surface area contributed by atoms with Crippen LogP contribution in [0.4, 0.5) is 5.69 Å². The summed E-state index contributed by atoms with van der Waals surface area (Å²) in [5, 5.41) is 7.39. The summed E-state index contributed by atoms with van der Waals surface area (Å²) in [5.74, 6) is -0.00358. The number of benzene rings is 1. The van der Waals surface area contributed by atoms with Crippen molar-refractivity contribution in [3.05, 3.63) is 22.7 Å². The van der Waals surface area contributed by atoms with Gasteiger partial charge in [-0.05, 0) is 31.5 Å². The van der Waals surface area contributed by atoms with E-state index in [2.05, 4.69) is 10.6 Å². The summed E-state index contributed by atoms with van der Waals surface area (Å²) >= 11 is 8.21. The van der Waals surface area contributed by atoms with Crippen LogP contribution in [0.1, 0.15) is 31.4 Å². The van der Waals surface area contributed by atoms with Gasteiger partial charge in [-0.3, -0.25) is 4.79 Å². The van der Waals surface area contributed by atoms with Gasteiger partial charge in [0.05, 0.1) is 5.02 Å². The minimum absolute atomic E-state index is 0.00358. The van der Waals surface area contributed by atoms with Crippen LogP contribution >= 0.6 is 23.4 Å². The highest BCUT2D eigenvalue weighted by molar-refractivity contribution is 8.00. The third-order valence-electron chi connectivity index (χ3n) is 3.81. The number of ether oxygens (including phenoxy) is 1. The Balaban J connectivity index is 1.81. The van der Waals surface area contributed by atoms with Crippen LogP contribution in [0.3, 0.4) is 0 Å². The van der Waals surface area contributed by atoms with Crippen LogP contribution in [0.5, 0.6) is 0 Å². The van der Waals surface area contributed by atoms with Crippen molar-refractivity contribution in [2.45, 2.75) is 36.0 Å². The largest absolute Gasteiger partial charge is 0.381 e. The number of carbonyl (C=O) groups excluding carboxylic acids is 1. The number of nitrogens with one attached hydrogen (secondary N) is 2. The quantitative estimate of drug-likeness (QED) is 0.892. The first-order valence-electron chi connectivity index (χ1n) is 7.31. The molecule has 0 saturated carbocycles. The van der Waals surface area contributed by atoms with Crippen molar-refractivity contribution in [2.24, 2.45) is 0 Å². The number of carbonyl (C=O) groups is 1. The molecule has 1 fully saturated rings. The third kappa shape index (κ3) is 3.21. The molecule has 2 N–H and O–H groups in total. The Kier molecular flexibility index (Phi) is 4.74. The summed E-state index contributed by atoms with van der Waals surface area (Å²) < 4.78 is 5.39. The maximum Gasteiger partial charge on any atom is 0.246 e. The van der Waals surface area contributed by atoms with E-state index >= 15 is 0 Å². The van der Waals surface area contributed by atoms with Crippen LogP contribution in [0.2, 0.25) is 5.02 Å². The normalized spacial score (nSPS) is 22.2. The van der Waals surface area contributed by atoms with Crippen molar-refractivity contribution in [1.82, 2.24) is 5.32 Å². The fraction of sp³-hybridized carbons (Fsp3) is 0.533. The van der Waals surface area contributed by atoms with E-state index in [0.717, 1.165) is 53.8 Å². The van der Waals surface area contributed by atoms with Crippen molar-refractivity contribution in [2.75, 3.05) is 25.1 Å². The Morgan fingerprint density at radius 1 is 1.43 bits per heavy atom. The Bertz CT molecular complexity index is 547. The maximum absolute atomic E-state index is 12.0. The summed E-state index contributed by atoms with van der Waals surface area (Å²) in [6.07, 6.45) is 2.09. The molecule has 0 aliphatic carbocycles. The molecule has 1 unspecified atom stereocenters. The molecule has 2 aliphatic rings. The zero-order valence-corrected chi connectivity index (χ0v) is 13.5. The van der Waals surface area contributed by atoms with Gasteiger partial charge in [0.1, 0.15) is 6.04 Å². The average Bonchev–Trinajstić information content (AvgIpc) is 2.77. The molecule has 1 atom stereocenters. The SMILES string of the molecule is CCNC1C(=O)Nc2cc(SC3CCOCC3)c(Cl)cc21. The molecule has 1 saturated heterocycles. The number of fused-ring (bicyclic) bond motifs is 1. The van der Waals surface area contributed by atoms with Gasteiger partial charge in [-0.1, -0.05) is 18.5 Å². The lowest BCUT2D eigenvalue weighted by Gasteiger charge is -2.22. The predicted molar refractivity (Wildman–Crippen MR) is 86.2 cm³/mol. The number of rotatable bonds is 4. The van der Waals surface area contributed by atoms with E-state index in [0.29, 0.717) is 5.25 Å². The van der Waals surface area contributed by atoms with Gasteiger partial charge in [-0.15, -0.1) is 11.8 Å². The van der Waals surface area contributed by atoms with Gasteiger partial charge in [0, 0.05) is 34.6 Å². The van der Waals surface area contributed by atoms with E-state index < -0.39 is 0 Å². The molecule has 114 valence electrons. The number of likely N-dealkylation sites (N-methyl/N-ethyl adjacent to an activating group) is 1. The highest BCUT2D eigenvalue weighted by Gasteiger charge is 2.31. The van der Waals surface area contributed by atoms with Gasteiger partial charge in [-0.25, -0.2) is 0 Å². The van der Waals surface area contributed by atoms with Gasteiger partial charge in [0.2, 0.25) is 5.91 Å². The Hall–Kier alpha value is -0.750. The number of halogens is 1. The molecule has 3 rings (SSSR count). The molecule has 0 aromatic heterocycles. The highest BCUT2D eigenvalue weighted by Crippen LogP contribution is 2.41. The van der Waals surface area contributed by atoms with Crippen LogP contribution in [0.15, 0.2) is 17.0 Å². The first-order valence-corrected chi connectivity index (χ1v) is 8.57. The summed E-state index contributed by atoms with van der Waals surface area (Å²) in [6, 6.07) is 3.64. The summed E-state index contributed by atoms with van der Waals surface area (Å²) in [7, 11) is 0. The number of thioether (sulfide) groups is 1. The lowest BCUT2D eigenvalue weighted by molar-refractivity contribution is -0.117. The van der Waals surface area contributed by atoms with E-state index in [1.54, 1.807) is 11.8 Å². The lowest BCUT2D eigenvalue weighted by Crippen LogP contribution is -2.27. The van der Waals surface area contributed by atoms with Crippen molar-refractivity contribution in [1.29, 1.82) is 0 Å². The monoisotopic (exact) mass is 326 g/mol. The highest BCUT2D eigenvalue weighted by atomic mass is 35.5. The molecule has 6 heteroatoms. The standard InChI is InChI=1S/C15H19ClN2O2S/c1-2-17-14-10-7-11(16)13(8-12(10)18-15(14)19)21-9-3-5-20-6-4-9/h7-9,14,17H,2-6H2,1H3,(H,18,19). The van der Waals surface area contributed by atoms with Gasteiger partial charge in [0.25, 0.3) is 0 Å².